The second-order valence-electron chi connectivity index (χ2n) is 4.25. The molecule has 1 aromatic heterocycles. The van der Waals surface area contributed by atoms with E-state index in [2.05, 4.69) is 0 Å². The molecule has 1 aromatic carbocycles. The van der Waals surface area contributed by atoms with Gasteiger partial charge in [0.1, 0.15) is 12.1 Å². The number of amides is 1. The van der Waals surface area contributed by atoms with Crippen LogP contribution in [0.1, 0.15) is 16.1 Å². The van der Waals surface area contributed by atoms with Gasteiger partial charge in [-0.2, -0.15) is 0 Å². The maximum absolute atomic E-state index is 12.1. The summed E-state index contributed by atoms with van der Waals surface area (Å²) in [4.78, 5) is 23.8. The zero-order chi connectivity index (χ0) is 14.2. The number of rotatable bonds is 3. The normalized spacial score (nSPS) is 10.7. The van der Waals surface area contributed by atoms with Gasteiger partial charge in [0.2, 0.25) is 0 Å². The standard InChI is InChI=1S/C13H12ClNO4/c1-7-9-5-8(14)3-4-10(9)19-12(7)13(18)15(2)6-11(16)17/h3-5H,6H2,1-2H3,(H,16,17). The zero-order valence-corrected chi connectivity index (χ0v) is 11.2. The second kappa shape index (κ2) is 4.93. The number of fused-ring (bicyclic) bond motifs is 1. The maximum Gasteiger partial charge on any atom is 0.323 e. The van der Waals surface area contributed by atoms with E-state index in [0.717, 1.165) is 10.3 Å². The molecule has 19 heavy (non-hydrogen) atoms. The molecule has 0 saturated heterocycles. The third-order valence-corrected chi connectivity index (χ3v) is 3.05. The minimum Gasteiger partial charge on any atom is -0.480 e. The quantitative estimate of drug-likeness (QED) is 0.938. The Bertz CT molecular complexity index is 662. The number of hydrogen-bond donors (Lipinski definition) is 1. The van der Waals surface area contributed by atoms with Crippen molar-refractivity contribution < 1.29 is 19.1 Å². The first kappa shape index (κ1) is 13.4. The number of benzene rings is 1. The van der Waals surface area contributed by atoms with Gasteiger partial charge in [0.05, 0.1) is 0 Å². The van der Waals surface area contributed by atoms with Crippen molar-refractivity contribution in [3.63, 3.8) is 0 Å². The molecule has 5 nitrogen and oxygen atoms in total. The number of aliphatic carboxylic acids is 1. The van der Waals surface area contributed by atoms with Crippen LogP contribution >= 0.6 is 11.6 Å². The van der Waals surface area contributed by atoms with Crippen LogP contribution < -0.4 is 0 Å². The number of aryl methyl sites for hydroxylation is 1. The molecule has 0 unspecified atom stereocenters. The maximum atomic E-state index is 12.1. The van der Waals surface area contributed by atoms with Crippen LogP contribution in [0.3, 0.4) is 0 Å². The van der Waals surface area contributed by atoms with E-state index in [0.29, 0.717) is 16.2 Å². The largest absolute Gasteiger partial charge is 0.480 e. The molecule has 0 aliphatic rings. The van der Waals surface area contributed by atoms with Gasteiger partial charge in [-0.05, 0) is 25.1 Å². The highest BCUT2D eigenvalue weighted by Crippen LogP contribution is 2.28. The van der Waals surface area contributed by atoms with Gasteiger partial charge in [0.25, 0.3) is 5.91 Å². The van der Waals surface area contributed by atoms with Crippen LogP contribution in [0.2, 0.25) is 5.02 Å². The van der Waals surface area contributed by atoms with Crippen molar-refractivity contribution in [3.8, 4) is 0 Å². The monoisotopic (exact) mass is 281 g/mol. The number of halogens is 1. The van der Waals surface area contributed by atoms with E-state index in [9.17, 15) is 9.59 Å². The van der Waals surface area contributed by atoms with E-state index in [-0.39, 0.29) is 12.3 Å². The molecule has 0 saturated carbocycles. The fraction of sp³-hybridized carbons (Fsp3) is 0.231. The van der Waals surface area contributed by atoms with Crippen LogP contribution in [0.15, 0.2) is 22.6 Å². The molecule has 0 fully saturated rings. The molecule has 0 spiro atoms. The fourth-order valence-corrected chi connectivity index (χ4v) is 2.02. The van der Waals surface area contributed by atoms with E-state index < -0.39 is 11.9 Å². The van der Waals surface area contributed by atoms with Crippen LogP contribution in [0.25, 0.3) is 11.0 Å². The van der Waals surface area contributed by atoms with Gasteiger partial charge in [-0.3, -0.25) is 9.59 Å². The van der Waals surface area contributed by atoms with Gasteiger partial charge in [-0.1, -0.05) is 11.6 Å². The number of carboxylic acid groups (broad SMARTS) is 1. The van der Waals surface area contributed by atoms with Crippen molar-refractivity contribution in [1.29, 1.82) is 0 Å². The molecule has 2 rings (SSSR count). The Kier molecular flexibility index (Phi) is 3.48. The van der Waals surface area contributed by atoms with Crippen LogP contribution in [-0.2, 0) is 4.79 Å². The summed E-state index contributed by atoms with van der Waals surface area (Å²) in [7, 11) is 1.41. The number of carbonyl (C=O) groups is 2. The lowest BCUT2D eigenvalue weighted by molar-refractivity contribution is -0.137. The van der Waals surface area contributed by atoms with E-state index in [1.807, 2.05) is 0 Å². The molecule has 100 valence electrons. The Morgan fingerprint density at radius 2 is 2.11 bits per heavy atom. The van der Waals surface area contributed by atoms with Gasteiger partial charge in [0.15, 0.2) is 5.76 Å². The van der Waals surface area contributed by atoms with Crippen molar-refractivity contribution in [2.24, 2.45) is 0 Å². The second-order valence-corrected chi connectivity index (χ2v) is 4.69. The average Bonchev–Trinajstić information content (AvgIpc) is 2.65. The first-order valence-electron chi connectivity index (χ1n) is 5.56. The minimum atomic E-state index is -1.08. The summed E-state index contributed by atoms with van der Waals surface area (Å²) in [6, 6.07) is 5.06. The summed E-state index contributed by atoms with van der Waals surface area (Å²) in [5.74, 6) is -1.40. The molecule has 0 aliphatic carbocycles. The van der Waals surface area contributed by atoms with Crippen LogP contribution in [0.4, 0.5) is 0 Å². The van der Waals surface area contributed by atoms with Crippen LogP contribution in [-0.4, -0.2) is 35.5 Å². The third-order valence-electron chi connectivity index (χ3n) is 2.81. The number of likely N-dealkylation sites (N-methyl/N-ethyl adjacent to an activating group) is 1. The fourth-order valence-electron chi connectivity index (χ4n) is 1.85. The van der Waals surface area contributed by atoms with Crippen LogP contribution in [0.5, 0.6) is 0 Å². The average molecular weight is 282 g/mol. The molecule has 0 atom stereocenters. The number of furan rings is 1. The lowest BCUT2D eigenvalue weighted by Gasteiger charge is -2.12. The number of hydrogen-bond acceptors (Lipinski definition) is 3. The van der Waals surface area contributed by atoms with Gasteiger partial charge in [0, 0.05) is 23.0 Å². The highest BCUT2D eigenvalue weighted by molar-refractivity contribution is 6.31. The summed E-state index contributed by atoms with van der Waals surface area (Å²) in [6.45, 7) is 1.36. The number of nitrogens with zero attached hydrogens (tertiary/aromatic N) is 1. The number of carboxylic acids is 1. The molecule has 0 radical (unpaired) electrons. The lowest BCUT2D eigenvalue weighted by atomic mass is 10.1. The summed E-state index contributed by atoms with van der Waals surface area (Å²) in [5, 5.41) is 9.98. The third kappa shape index (κ3) is 2.56. The first-order chi connectivity index (χ1) is 8.90. The van der Waals surface area contributed by atoms with Gasteiger partial charge < -0.3 is 14.4 Å². The smallest absolute Gasteiger partial charge is 0.323 e. The Morgan fingerprint density at radius 1 is 1.42 bits per heavy atom. The van der Waals surface area contributed by atoms with Gasteiger partial charge >= 0.3 is 5.97 Å². The molecule has 1 amide bonds. The van der Waals surface area contributed by atoms with Crippen molar-refractivity contribution in [2.45, 2.75) is 6.92 Å². The van der Waals surface area contributed by atoms with E-state index in [4.69, 9.17) is 21.1 Å². The molecule has 2 aromatic rings. The predicted octanol–water partition coefficient (Wildman–Crippen LogP) is 2.55. The van der Waals surface area contributed by atoms with Gasteiger partial charge in [-0.25, -0.2) is 0 Å². The molecule has 0 aliphatic heterocycles. The molecule has 1 N–H and O–H groups in total. The predicted molar refractivity (Wildman–Crippen MR) is 70.6 cm³/mol. The Morgan fingerprint density at radius 3 is 2.74 bits per heavy atom. The zero-order valence-electron chi connectivity index (χ0n) is 10.4. The van der Waals surface area contributed by atoms with E-state index in [1.54, 1.807) is 25.1 Å². The van der Waals surface area contributed by atoms with Crippen molar-refractivity contribution in [3.05, 3.63) is 34.5 Å². The summed E-state index contributed by atoms with van der Waals surface area (Å²) in [5.41, 5.74) is 1.20. The topological polar surface area (TPSA) is 70.8 Å². The van der Waals surface area contributed by atoms with Crippen molar-refractivity contribution in [1.82, 2.24) is 4.90 Å². The number of carbonyl (C=O) groups excluding carboxylic acids is 1. The Balaban J connectivity index is 2.42. The minimum absolute atomic E-state index is 0.140. The summed E-state index contributed by atoms with van der Waals surface area (Å²) >= 11 is 5.90. The molecular weight excluding hydrogens is 270 g/mol. The molecular formula is C13H12ClNO4. The van der Waals surface area contributed by atoms with Gasteiger partial charge in [-0.15, -0.1) is 0 Å². The summed E-state index contributed by atoms with van der Waals surface area (Å²) < 4.78 is 5.48. The Labute approximate surface area is 114 Å². The lowest BCUT2D eigenvalue weighted by Crippen LogP contribution is -2.32. The molecule has 1 heterocycles. The van der Waals surface area contributed by atoms with Crippen molar-refractivity contribution >= 4 is 34.4 Å². The Hall–Kier alpha value is -2.01. The molecule has 6 heteroatoms. The molecule has 0 bridgehead atoms. The van der Waals surface area contributed by atoms with E-state index in [1.165, 1.54) is 7.05 Å². The highest BCUT2D eigenvalue weighted by atomic mass is 35.5. The summed E-state index contributed by atoms with van der Waals surface area (Å²) in [6.07, 6.45) is 0. The SMILES string of the molecule is Cc1c(C(=O)N(C)CC(=O)O)oc2ccc(Cl)cc12. The van der Waals surface area contributed by atoms with Crippen LogP contribution in [0, 0.1) is 6.92 Å². The van der Waals surface area contributed by atoms with E-state index >= 15 is 0 Å². The highest BCUT2D eigenvalue weighted by Gasteiger charge is 2.22. The van der Waals surface area contributed by atoms with Crippen molar-refractivity contribution in [2.75, 3.05) is 13.6 Å². The first-order valence-corrected chi connectivity index (χ1v) is 5.94.